The molecule has 6 heteroatoms. The van der Waals surface area contributed by atoms with Crippen molar-refractivity contribution in [1.29, 1.82) is 0 Å². The number of hydrogen-bond donors (Lipinski definition) is 1. The van der Waals surface area contributed by atoms with Gasteiger partial charge in [-0.3, -0.25) is 4.79 Å². The molecule has 0 unspecified atom stereocenters. The van der Waals surface area contributed by atoms with E-state index in [0.29, 0.717) is 22.7 Å². The number of nitrogens with one attached hydrogen (secondary N) is 1. The molecule has 0 aliphatic heterocycles. The van der Waals surface area contributed by atoms with E-state index in [1.165, 1.54) is 24.0 Å². The molecule has 4 aromatic heterocycles. The number of pyridine rings is 2. The zero-order chi connectivity index (χ0) is 23.0. The highest BCUT2D eigenvalue weighted by molar-refractivity contribution is 6.18. The summed E-state index contributed by atoms with van der Waals surface area (Å²) in [5, 5.41) is 3.60. The van der Waals surface area contributed by atoms with E-state index in [9.17, 15) is 9.59 Å². The molecule has 4 heterocycles. The van der Waals surface area contributed by atoms with Crippen molar-refractivity contribution in [2.75, 3.05) is 0 Å². The summed E-state index contributed by atoms with van der Waals surface area (Å²) in [6, 6.07) is 17.8. The van der Waals surface area contributed by atoms with Gasteiger partial charge in [0.15, 0.2) is 0 Å². The Morgan fingerprint density at radius 1 is 1.06 bits per heavy atom. The van der Waals surface area contributed by atoms with Crippen molar-refractivity contribution in [1.82, 2.24) is 14.5 Å². The summed E-state index contributed by atoms with van der Waals surface area (Å²) in [5.41, 5.74) is 5.04. The molecule has 1 aliphatic rings. The Labute approximate surface area is 193 Å². The molecule has 0 bridgehead atoms. The largest absolute Gasteiger partial charge is 0.402 e. The molecule has 0 radical (unpaired) electrons. The van der Waals surface area contributed by atoms with Crippen molar-refractivity contribution in [3.8, 4) is 0 Å². The third-order valence-corrected chi connectivity index (χ3v) is 7.05. The summed E-state index contributed by atoms with van der Waals surface area (Å²) >= 11 is 0. The fourth-order valence-electron chi connectivity index (χ4n) is 5.28. The van der Waals surface area contributed by atoms with Crippen molar-refractivity contribution in [3.05, 3.63) is 98.3 Å². The number of nitrogens with zero attached hydrogens (tertiary/aromatic N) is 2. The Morgan fingerprint density at radius 2 is 1.91 bits per heavy atom. The van der Waals surface area contributed by atoms with Gasteiger partial charge < -0.3 is 14.0 Å². The molecule has 166 valence electrons. The number of aryl methyl sites for hydroxylation is 1. The topological polar surface area (TPSA) is 80.9 Å². The van der Waals surface area contributed by atoms with Gasteiger partial charge in [0, 0.05) is 39.0 Å². The molecule has 6 nitrogen and oxygen atoms in total. The van der Waals surface area contributed by atoms with Gasteiger partial charge in [0.25, 0.3) is 5.56 Å². The highest BCUT2D eigenvalue weighted by atomic mass is 16.4. The van der Waals surface area contributed by atoms with Crippen LogP contribution in [0.1, 0.15) is 35.4 Å². The molecule has 7 rings (SSSR count). The summed E-state index contributed by atoms with van der Waals surface area (Å²) in [6.45, 7) is 2.39. The number of H-pyrrole nitrogens is 1. The summed E-state index contributed by atoms with van der Waals surface area (Å²) in [5.74, 6) is 0.579. The average molecular weight is 447 g/mol. The number of hydrogen-bond acceptors (Lipinski definition) is 4. The SMILES string of the molecule is Cc1cc2c(cc1C1CC1)c1c3cccnc3oc(=O)c1n2Cc1cc2ccccc2[nH]c1=O. The van der Waals surface area contributed by atoms with E-state index < -0.39 is 5.63 Å². The standard InChI is InChI=1S/C28H21N3O3/c1-15-11-23-21(13-20(15)16-8-9-16)24-19-6-4-10-29-27(19)34-28(33)25(24)31(23)14-18-12-17-5-2-3-7-22(17)30-26(18)32/h2-7,10-13,16H,8-9,14H2,1H3,(H,30,32). The van der Waals surface area contributed by atoms with Gasteiger partial charge in [-0.25, -0.2) is 9.78 Å². The van der Waals surface area contributed by atoms with Crippen LogP contribution in [-0.2, 0) is 6.54 Å². The first kappa shape index (κ1) is 19.3. The first-order valence-electron chi connectivity index (χ1n) is 11.5. The Kier molecular flexibility index (Phi) is 3.92. The molecule has 2 aromatic carbocycles. The van der Waals surface area contributed by atoms with E-state index in [0.717, 1.165) is 32.6 Å². The first-order valence-corrected chi connectivity index (χ1v) is 11.5. The molecular weight excluding hydrogens is 426 g/mol. The van der Waals surface area contributed by atoms with Gasteiger partial charge in [-0.05, 0) is 78.6 Å². The molecule has 0 atom stereocenters. The van der Waals surface area contributed by atoms with Crippen LogP contribution in [0.5, 0.6) is 0 Å². The van der Waals surface area contributed by atoms with E-state index in [-0.39, 0.29) is 12.1 Å². The van der Waals surface area contributed by atoms with Crippen molar-refractivity contribution in [2.45, 2.75) is 32.2 Å². The molecule has 6 aromatic rings. The van der Waals surface area contributed by atoms with Gasteiger partial charge >= 0.3 is 5.63 Å². The van der Waals surface area contributed by atoms with Gasteiger partial charge in [-0.2, -0.15) is 0 Å². The fourth-order valence-corrected chi connectivity index (χ4v) is 5.28. The van der Waals surface area contributed by atoms with E-state index in [4.69, 9.17) is 4.42 Å². The third kappa shape index (κ3) is 2.78. The summed E-state index contributed by atoms with van der Waals surface area (Å²) in [6.07, 6.45) is 4.02. The number of aromatic amines is 1. The van der Waals surface area contributed by atoms with Gasteiger partial charge in [-0.15, -0.1) is 0 Å². The van der Waals surface area contributed by atoms with Crippen LogP contribution in [-0.4, -0.2) is 14.5 Å². The van der Waals surface area contributed by atoms with Crippen molar-refractivity contribution >= 4 is 43.8 Å². The maximum Gasteiger partial charge on any atom is 0.362 e. The van der Waals surface area contributed by atoms with Gasteiger partial charge in [-0.1, -0.05) is 18.2 Å². The molecule has 0 amide bonds. The number of aromatic nitrogens is 3. The lowest BCUT2D eigenvalue weighted by molar-refractivity contribution is 0.553. The van der Waals surface area contributed by atoms with Crippen LogP contribution in [0.4, 0.5) is 0 Å². The second-order valence-corrected chi connectivity index (χ2v) is 9.27. The molecule has 0 spiro atoms. The van der Waals surface area contributed by atoms with E-state index in [2.05, 4.69) is 29.0 Å². The van der Waals surface area contributed by atoms with Crippen LogP contribution < -0.4 is 11.2 Å². The summed E-state index contributed by atoms with van der Waals surface area (Å²) in [7, 11) is 0. The molecule has 1 saturated carbocycles. The van der Waals surface area contributed by atoms with Crippen molar-refractivity contribution in [2.24, 2.45) is 0 Å². The van der Waals surface area contributed by atoms with Crippen LogP contribution in [0.15, 0.2) is 74.8 Å². The van der Waals surface area contributed by atoms with Gasteiger partial charge in [0.2, 0.25) is 5.71 Å². The minimum absolute atomic E-state index is 0.160. The monoisotopic (exact) mass is 447 g/mol. The molecule has 1 N–H and O–H groups in total. The fraction of sp³-hybridized carbons (Fsp3) is 0.179. The molecule has 1 fully saturated rings. The van der Waals surface area contributed by atoms with Crippen molar-refractivity contribution < 1.29 is 4.42 Å². The van der Waals surface area contributed by atoms with Crippen LogP contribution in [0.2, 0.25) is 0 Å². The lowest BCUT2D eigenvalue weighted by Crippen LogP contribution is -2.17. The number of para-hydroxylation sites is 1. The van der Waals surface area contributed by atoms with Gasteiger partial charge in [0.1, 0.15) is 5.52 Å². The lowest BCUT2D eigenvalue weighted by atomic mass is 10.00. The number of fused-ring (bicyclic) bond motifs is 6. The second-order valence-electron chi connectivity index (χ2n) is 9.27. The van der Waals surface area contributed by atoms with E-state index in [1.807, 2.05) is 47.0 Å². The predicted octanol–water partition coefficient (Wildman–Crippen LogP) is 5.37. The number of rotatable bonds is 3. The quantitative estimate of drug-likeness (QED) is 0.395. The molecule has 1 aliphatic carbocycles. The Morgan fingerprint density at radius 3 is 2.76 bits per heavy atom. The molecule has 0 saturated heterocycles. The zero-order valence-corrected chi connectivity index (χ0v) is 18.6. The maximum absolute atomic E-state index is 13.3. The molecule has 34 heavy (non-hydrogen) atoms. The van der Waals surface area contributed by atoms with Crippen LogP contribution >= 0.6 is 0 Å². The van der Waals surface area contributed by atoms with Crippen molar-refractivity contribution in [3.63, 3.8) is 0 Å². The van der Waals surface area contributed by atoms with E-state index >= 15 is 0 Å². The molecular formula is C28H21N3O3. The highest BCUT2D eigenvalue weighted by Crippen LogP contribution is 2.44. The second kappa shape index (κ2) is 6.90. The summed E-state index contributed by atoms with van der Waals surface area (Å²) < 4.78 is 7.57. The van der Waals surface area contributed by atoms with Gasteiger partial charge in [0.05, 0.1) is 6.54 Å². The minimum Gasteiger partial charge on any atom is -0.402 e. The van der Waals surface area contributed by atoms with Crippen LogP contribution in [0, 0.1) is 6.92 Å². The predicted molar refractivity (Wildman–Crippen MR) is 134 cm³/mol. The Balaban J connectivity index is 1.59. The Bertz CT molecular complexity index is 1900. The normalized spacial score (nSPS) is 14.0. The maximum atomic E-state index is 13.3. The first-order chi connectivity index (χ1) is 16.6. The number of benzene rings is 2. The lowest BCUT2D eigenvalue weighted by Gasteiger charge is -2.10. The average Bonchev–Trinajstić information content (AvgIpc) is 3.63. The minimum atomic E-state index is -0.444. The Hall–Kier alpha value is -4.19. The smallest absolute Gasteiger partial charge is 0.362 e. The van der Waals surface area contributed by atoms with Crippen LogP contribution in [0.3, 0.4) is 0 Å². The highest BCUT2D eigenvalue weighted by Gasteiger charge is 2.27. The zero-order valence-electron chi connectivity index (χ0n) is 18.6. The van der Waals surface area contributed by atoms with E-state index in [1.54, 1.807) is 6.20 Å². The summed E-state index contributed by atoms with van der Waals surface area (Å²) in [4.78, 5) is 33.5. The third-order valence-electron chi connectivity index (χ3n) is 7.05. The van der Waals surface area contributed by atoms with Crippen LogP contribution in [0.25, 0.3) is 43.8 Å².